The number of nitrogens with zero attached hydrogens (tertiary/aromatic N) is 1. The fraction of sp³-hybridized carbons (Fsp3) is 0.500. The van der Waals surface area contributed by atoms with Gasteiger partial charge in [-0.25, -0.2) is 4.79 Å². The molecule has 1 heterocycles. The number of aliphatic hydroxyl groups is 1. The van der Waals surface area contributed by atoms with Crippen LogP contribution >= 0.6 is 0 Å². The van der Waals surface area contributed by atoms with Crippen LogP contribution in [0.3, 0.4) is 0 Å². The monoisotopic (exact) mass is 249 g/mol. The summed E-state index contributed by atoms with van der Waals surface area (Å²) in [5.41, 5.74) is 1.85. The third-order valence-electron chi connectivity index (χ3n) is 3.40. The molecule has 1 aliphatic heterocycles. The molecule has 0 aromatic heterocycles. The first kappa shape index (κ1) is 12.9. The van der Waals surface area contributed by atoms with Crippen LogP contribution < -0.4 is 4.90 Å². The Balaban J connectivity index is 2.24. The van der Waals surface area contributed by atoms with Crippen LogP contribution in [0.2, 0.25) is 0 Å². The molecule has 1 aromatic carbocycles. The summed E-state index contributed by atoms with van der Waals surface area (Å²) in [7, 11) is 1.43. The third-order valence-corrected chi connectivity index (χ3v) is 3.40. The van der Waals surface area contributed by atoms with E-state index in [9.17, 15) is 9.90 Å². The summed E-state index contributed by atoms with van der Waals surface area (Å²) in [5, 5.41) is 9.17. The Morgan fingerprint density at radius 1 is 1.50 bits per heavy atom. The summed E-state index contributed by atoms with van der Waals surface area (Å²) in [6.07, 6.45) is 2.96. The SMILES string of the molecule is COC(=O)[C@H]1CCCCN1c1cccc(CO)c1. The standard InChI is InChI=1S/C14H19NO3/c1-18-14(17)13-7-2-3-8-15(13)12-6-4-5-11(9-12)10-16/h4-6,9,13,16H,2-3,7-8,10H2,1H3/t13-/m1/s1. The van der Waals surface area contributed by atoms with Crippen LogP contribution in [0.25, 0.3) is 0 Å². The summed E-state index contributed by atoms with van der Waals surface area (Å²) in [6.45, 7) is 0.874. The molecule has 1 aromatic rings. The zero-order valence-electron chi connectivity index (χ0n) is 10.6. The van der Waals surface area contributed by atoms with Crippen LogP contribution in [0.1, 0.15) is 24.8 Å². The maximum atomic E-state index is 11.8. The lowest BCUT2D eigenvalue weighted by Gasteiger charge is -2.35. The smallest absolute Gasteiger partial charge is 0.328 e. The number of rotatable bonds is 3. The molecule has 1 N–H and O–H groups in total. The van der Waals surface area contributed by atoms with Crippen LogP contribution in [0.15, 0.2) is 24.3 Å². The van der Waals surface area contributed by atoms with E-state index >= 15 is 0 Å². The number of benzene rings is 1. The van der Waals surface area contributed by atoms with Crippen molar-refractivity contribution in [1.29, 1.82) is 0 Å². The lowest BCUT2D eigenvalue weighted by atomic mass is 10.0. The van der Waals surface area contributed by atoms with E-state index < -0.39 is 0 Å². The molecule has 2 rings (SSSR count). The molecule has 0 bridgehead atoms. The largest absolute Gasteiger partial charge is 0.467 e. The third kappa shape index (κ3) is 2.64. The average Bonchev–Trinajstić information content (AvgIpc) is 2.46. The van der Waals surface area contributed by atoms with E-state index in [4.69, 9.17) is 4.74 Å². The molecule has 4 heteroatoms. The lowest BCUT2D eigenvalue weighted by molar-refractivity contribution is -0.142. The van der Waals surface area contributed by atoms with Gasteiger partial charge in [-0.05, 0) is 37.0 Å². The Morgan fingerprint density at radius 3 is 3.06 bits per heavy atom. The van der Waals surface area contributed by atoms with Crippen molar-refractivity contribution in [3.63, 3.8) is 0 Å². The summed E-state index contributed by atoms with van der Waals surface area (Å²) < 4.78 is 4.87. The van der Waals surface area contributed by atoms with Crippen molar-refractivity contribution in [2.45, 2.75) is 31.9 Å². The number of hydrogen-bond acceptors (Lipinski definition) is 4. The maximum Gasteiger partial charge on any atom is 0.328 e. The van der Waals surface area contributed by atoms with E-state index in [0.717, 1.165) is 37.1 Å². The Bertz CT molecular complexity index is 419. The zero-order valence-corrected chi connectivity index (χ0v) is 10.6. The zero-order chi connectivity index (χ0) is 13.0. The molecule has 1 fully saturated rings. The first-order chi connectivity index (χ1) is 8.76. The molecule has 1 saturated heterocycles. The highest BCUT2D eigenvalue weighted by Gasteiger charge is 2.29. The maximum absolute atomic E-state index is 11.8. The molecule has 0 radical (unpaired) electrons. The summed E-state index contributed by atoms with van der Waals surface area (Å²) >= 11 is 0. The summed E-state index contributed by atoms with van der Waals surface area (Å²) in [4.78, 5) is 13.9. The van der Waals surface area contributed by atoms with Gasteiger partial charge < -0.3 is 14.7 Å². The predicted molar refractivity (Wildman–Crippen MR) is 69.4 cm³/mol. The van der Waals surface area contributed by atoms with Crippen molar-refractivity contribution in [3.8, 4) is 0 Å². The van der Waals surface area contributed by atoms with Gasteiger partial charge in [0, 0.05) is 12.2 Å². The Hall–Kier alpha value is -1.55. The minimum Gasteiger partial charge on any atom is -0.467 e. The molecule has 1 aliphatic rings. The number of methoxy groups -OCH3 is 1. The fourth-order valence-corrected chi connectivity index (χ4v) is 2.46. The number of carbonyl (C=O) groups is 1. The summed E-state index contributed by atoms with van der Waals surface area (Å²) in [6, 6.07) is 7.49. The van der Waals surface area contributed by atoms with Crippen LogP contribution in [-0.4, -0.2) is 30.8 Å². The van der Waals surface area contributed by atoms with Crippen molar-refractivity contribution in [1.82, 2.24) is 0 Å². The van der Waals surface area contributed by atoms with Gasteiger partial charge in [-0.2, -0.15) is 0 Å². The number of piperidine rings is 1. The molecule has 0 saturated carbocycles. The highest BCUT2D eigenvalue weighted by molar-refractivity contribution is 5.80. The molecule has 1 atom stereocenters. The molecular weight excluding hydrogens is 230 g/mol. The second kappa shape index (κ2) is 5.87. The van der Waals surface area contributed by atoms with E-state index in [-0.39, 0.29) is 18.6 Å². The van der Waals surface area contributed by atoms with E-state index in [2.05, 4.69) is 4.90 Å². The Morgan fingerprint density at radius 2 is 2.33 bits per heavy atom. The highest BCUT2D eigenvalue weighted by Crippen LogP contribution is 2.26. The summed E-state index contributed by atoms with van der Waals surface area (Å²) in [5.74, 6) is -0.177. The molecule has 0 aliphatic carbocycles. The van der Waals surface area contributed by atoms with Crippen LogP contribution in [0, 0.1) is 0 Å². The molecule has 98 valence electrons. The normalized spacial score (nSPS) is 19.7. The van der Waals surface area contributed by atoms with Gasteiger partial charge in [-0.3, -0.25) is 0 Å². The molecular formula is C14H19NO3. The van der Waals surface area contributed by atoms with E-state index in [1.54, 1.807) is 0 Å². The van der Waals surface area contributed by atoms with Gasteiger partial charge in [-0.1, -0.05) is 12.1 Å². The van der Waals surface area contributed by atoms with Crippen LogP contribution in [-0.2, 0) is 16.1 Å². The van der Waals surface area contributed by atoms with Gasteiger partial charge in [0.1, 0.15) is 6.04 Å². The van der Waals surface area contributed by atoms with Crippen LogP contribution in [0.5, 0.6) is 0 Å². The number of aliphatic hydroxyl groups excluding tert-OH is 1. The number of esters is 1. The van der Waals surface area contributed by atoms with Crippen molar-refractivity contribution < 1.29 is 14.6 Å². The van der Waals surface area contributed by atoms with E-state index in [1.165, 1.54) is 7.11 Å². The van der Waals surface area contributed by atoms with Crippen LogP contribution in [0.4, 0.5) is 5.69 Å². The first-order valence-corrected chi connectivity index (χ1v) is 6.30. The first-order valence-electron chi connectivity index (χ1n) is 6.30. The van der Waals surface area contributed by atoms with Gasteiger partial charge in [0.05, 0.1) is 13.7 Å². The van der Waals surface area contributed by atoms with Gasteiger partial charge >= 0.3 is 5.97 Å². The van der Waals surface area contributed by atoms with Gasteiger partial charge in [-0.15, -0.1) is 0 Å². The van der Waals surface area contributed by atoms with Crippen molar-refractivity contribution in [3.05, 3.63) is 29.8 Å². The van der Waals surface area contributed by atoms with Gasteiger partial charge in [0.2, 0.25) is 0 Å². The van der Waals surface area contributed by atoms with Crippen molar-refractivity contribution in [2.24, 2.45) is 0 Å². The van der Waals surface area contributed by atoms with Gasteiger partial charge in [0.25, 0.3) is 0 Å². The number of hydrogen-bond donors (Lipinski definition) is 1. The predicted octanol–water partition coefficient (Wildman–Crippen LogP) is 1.71. The van der Waals surface area contributed by atoms with E-state index in [1.807, 2.05) is 24.3 Å². The van der Waals surface area contributed by atoms with Gasteiger partial charge in [0.15, 0.2) is 0 Å². The Kier molecular flexibility index (Phi) is 4.20. The van der Waals surface area contributed by atoms with Crippen molar-refractivity contribution in [2.75, 3.05) is 18.6 Å². The molecule has 18 heavy (non-hydrogen) atoms. The molecule has 0 amide bonds. The molecule has 0 unspecified atom stereocenters. The Labute approximate surface area is 107 Å². The number of ether oxygens (including phenoxy) is 1. The topological polar surface area (TPSA) is 49.8 Å². The fourth-order valence-electron chi connectivity index (χ4n) is 2.46. The van der Waals surface area contributed by atoms with E-state index in [0.29, 0.717) is 0 Å². The number of carbonyl (C=O) groups excluding carboxylic acids is 1. The second-order valence-corrected chi connectivity index (χ2v) is 4.56. The quantitative estimate of drug-likeness (QED) is 0.829. The minimum absolute atomic E-state index is 0.0184. The molecule has 0 spiro atoms. The molecule has 4 nitrogen and oxygen atoms in total. The minimum atomic E-state index is -0.197. The average molecular weight is 249 g/mol. The number of anilines is 1. The second-order valence-electron chi connectivity index (χ2n) is 4.56. The van der Waals surface area contributed by atoms with Crippen molar-refractivity contribution >= 4 is 11.7 Å². The highest BCUT2D eigenvalue weighted by atomic mass is 16.5. The lowest BCUT2D eigenvalue weighted by Crippen LogP contribution is -2.45.